The Hall–Kier alpha value is -4.17. The number of H-pyrrole nitrogens is 1. The lowest BCUT2D eigenvalue weighted by Crippen LogP contribution is -2.39. The van der Waals surface area contributed by atoms with E-state index in [0.717, 1.165) is 53.2 Å². The molecule has 210 valence electrons. The second-order valence-corrected chi connectivity index (χ2v) is 11.6. The fourth-order valence-electron chi connectivity index (χ4n) is 6.77. The molecule has 2 amide bonds. The lowest BCUT2D eigenvalue weighted by Gasteiger charge is -2.39. The first-order chi connectivity index (χ1) is 20.0. The van der Waals surface area contributed by atoms with E-state index in [9.17, 15) is 9.59 Å². The normalized spacial score (nSPS) is 23.5. The Bertz CT molecular complexity index is 1570. The van der Waals surface area contributed by atoms with Crippen LogP contribution >= 0.6 is 0 Å². The smallest absolute Gasteiger partial charge is 0.272 e. The molecule has 0 bridgehead atoms. The third kappa shape index (κ3) is 4.11. The first kappa shape index (κ1) is 25.8. The van der Waals surface area contributed by atoms with Gasteiger partial charge in [0.15, 0.2) is 0 Å². The minimum Gasteiger partial charge on any atom is -0.381 e. The van der Waals surface area contributed by atoms with Crippen LogP contribution in [-0.4, -0.2) is 39.9 Å². The number of amides is 2. The van der Waals surface area contributed by atoms with Crippen molar-refractivity contribution in [3.63, 3.8) is 0 Å². The van der Waals surface area contributed by atoms with Crippen LogP contribution < -0.4 is 10.2 Å². The van der Waals surface area contributed by atoms with Crippen molar-refractivity contribution in [3.8, 4) is 0 Å². The van der Waals surface area contributed by atoms with Crippen LogP contribution in [0.15, 0.2) is 72.8 Å². The van der Waals surface area contributed by atoms with Gasteiger partial charge in [-0.25, -0.2) is 4.98 Å². The first-order valence-corrected chi connectivity index (χ1v) is 14.6. The zero-order chi connectivity index (χ0) is 28.2. The van der Waals surface area contributed by atoms with Gasteiger partial charge in [0.2, 0.25) is 0 Å². The highest BCUT2D eigenvalue weighted by atomic mass is 16.5. The SMILES string of the molecule is C=C(C1CCOCC1)N1/C(=C\C(C)CC)C(=O)Nc2cc3c(cc21)C1Cc2[nH]cnc2C(c2ccccc2)N1C3=O. The van der Waals surface area contributed by atoms with E-state index in [0.29, 0.717) is 36.6 Å². The van der Waals surface area contributed by atoms with Crippen molar-refractivity contribution in [2.75, 3.05) is 23.4 Å². The number of hydrogen-bond acceptors (Lipinski definition) is 5. The molecule has 4 aliphatic heterocycles. The number of nitrogens with zero attached hydrogens (tertiary/aromatic N) is 3. The minimum absolute atomic E-state index is 0.0414. The van der Waals surface area contributed by atoms with Crippen molar-refractivity contribution < 1.29 is 14.3 Å². The van der Waals surface area contributed by atoms with Crippen molar-refractivity contribution in [2.24, 2.45) is 11.8 Å². The highest BCUT2D eigenvalue weighted by Gasteiger charge is 2.48. The number of benzene rings is 2. The van der Waals surface area contributed by atoms with E-state index in [4.69, 9.17) is 4.74 Å². The predicted octanol–water partition coefficient (Wildman–Crippen LogP) is 5.88. The molecule has 2 N–H and O–H groups in total. The van der Waals surface area contributed by atoms with Crippen molar-refractivity contribution in [3.05, 3.63) is 101 Å². The number of carbonyl (C=O) groups excluding carboxylic acids is 2. The molecule has 8 heteroatoms. The Morgan fingerprint density at radius 1 is 1.20 bits per heavy atom. The van der Waals surface area contributed by atoms with Gasteiger partial charge >= 0.3 is 0 Å². The summed E-state index contributed by atoms with van der Waals surface area (Å²) in [5, 5.41) is 3.11. The van der Waals surface area contributed by atoms with E-state index in [1.54, 1.807) is 6.33 Å². The third-order valence-electron chi connectivity index (χ3n) is 9.16. The number of hydrogen-bond donors (Lipinski definition) is 2. The van der Waals surface area contributed by atoms with Gasteiger partial charge in [0, 0.05) is 42.5 Å². The van der Waals surface area contributed by atoms with Crippen LogP contribution in [0, 0.1) is 11.8 Å². The Kier molecular flexibility index (Phi) is 6.31. The Balaban J connectivity index is 1.37. The van der Waals surface area contributed by atoms with Gasteiger partial charge in [-0.15, -0.1) is 0 Å². The average molecular weight is 550 g/mol. The van der Waals surface area contributed by atoms with E-state index in [-0.39, 0.29) is 35.7 Å². The molecule has 0 radical (unpaired) electrons. The summed E-state index contributed by atoms with van der Waals surface area (Å²) in [5.74, 6) is 0.215. The number of anilines is 2. The number of allylic oxidation sites excluding steroid dienone is 2. The number of rotatable bonds is 5. The molecular formula is C33H35N5O3. The van der Waals surface area contributed by atoms with Gasteiger partial charge in [0.1, 0.15) is 11.7 Å². The molecule has 41 heavy (non-hydrogen) atoms. The lowest BCUT2D eigenvalue weighted by molar-refractivity contribution is -0.113. The Morgan fingerprint density at radius 2 is 1.98 bits per heavy atom. The molecule has 2 aromatic carbocycles. The van der Waals surface area contributed by atoms with Crippen LogP contribution in [0.4, 0.5) is 11.4 Å². The molecule has 4 aliphatic rings. The maximum absolute atomic E-state index is 14.1. The summed E-state index contributed by atoms with van der Waals surface area (Å²) in [4.78, 5) is 39.8. The molecule has 8 nitrogen and oxygen atoms in total. The number of imidazole rings is 1. The summed E-state index contributed by atoms with van der Waals surface area (Å²) >= 11 is 0. The quantitative estimate of drug-likeness (QED) is 0.388. The van der Waals surface area contributed by atoms with Gasteiger partial charge in [-0.05, 0) is 42.0 Å². The molecular weight excluding hydrogens is 514 g/mol. The molecule has 0 aliphatic carbocycles. The maximum Gasteiger partial charge on any atom is 0.272 e. The van der Waals surface area contributed by atoms with Crippen LogP contribution in [0.5, 0.6) is 0 Å². The number of aromatic nitrogens is 2. The molecule has 3 aromatic rings. The number of ether oxygens (including phenoxy) is 1. The van der Waals surface area contributed by atoms with E-state index in [1.807, 2.05) is 29.2 Å². The van der Waals surface area contributed by atoms with Crippen LogP contribution in [0.3, 0.4) is 0 Å². The largest absolute Gasteiger partial charge is 0.381 e. The zero-order valence-electron chi connectivity index (χ0n) is 23.5. The van der Waals surface area contributed by atoms with Gasteiger partial charge in [-0.2, -0.15) is 0 Å². The van der Waals surface area contributed by atoms with Gasteiger partial charge in [0.05, 0.1) is 29.4 Å². The molecule has 5 heterocycles. The fourth-order valence-corrected chi connectivity index (χ4v) is 6.77. The lowest BCUT2D eigenvalue weighted by atomic mass is 9.89. The van der Waals surface area contributed by atoms with Gasteiger partial charge in [-0.3, -0.25) is 9.59 Å². The second-order valence-electron chi connectivity index (χ2n) is 11.6. The summed E-state index contributed by atoms with van der Waals surface area (Å²) in [6.07, 6.45) is 7.08. The topological polar surface area (TPSA) is 90.6 Å². The van der Waals surface area contributed by atoms with Crippen LogP contribution in [0.2, 0.25) is 0 Å². The Labute approximate surface area is 240 Å². The minimum atomic E-state index is -0.295. The van der Waals surface area contributed by atoms with Gasteiger partial charge in [-0.1, -0.05) is 63.3 Å². The third-order valence-corrected chi connectivity index (χ3v) is 9.16. The number of carbonyl (C=O) groups is 2. The second kappa shape index (κ2) is 10.0. The standard InChI is InChI=1S/C33H35N5O3/c1-4-19(2)14-29-32(39)36-25-15-24-23(16-28(25)37(29)20(3)21-10-12-41-13-11-21)27-17-26-30(35-18-34-26)31(38(27)33(24)40)22-8-6-5-7-9-22/h5-9,14-16,18-19,21,27,31H,3-4,10-13,17H2,1-2H3,(H,34,35)(H,36,39)/b29-14-. The molecule has 3 atom stereocenters. The van der Waals surface area contributed by atoms with Gasteiger partial charge in [0.25, 0.3) is 11.8 Å². The molecule has 3 unspecified atom stereocenters. The fraction of sp³-hybridized carbons (Fsp3) is 0.364. The molecule has 1 aromatic heterocycles. The monoisotopic (exact) mass is 549 g/mol. The molecule has 0 spiro atoms. The van der Waals surface area contributed by atoms with E-state index in [1.165, 1.54) is 0 Å². The van der Waals surface area contributed by atoms with Crippen molar-refractivity contribution >= 4 is 23.2 Å². The number of aromatic amines is 1. The van der Waals surface area contributed by atoms with E-state index >= 15 is 0 Å². The zero-order valence-corrected chi connectivity index (χ0v) is 23.5. The van der Waals surface area contributed by atoms with Crippen LogP contribution in [0.25, 0.3) is 0 Å². The summed E-state index contributed by atoms with van der Waals surface area (Å²) in [7, 11) is 0. The van der Waals surface area contributed by atoms with Crippen molar-refractivity contribution in [2.45, 2.75) is 51.6 Å². The Morgan fingerprint density at radius 3 is 2.73 bits per heavy atom. The molecule has 1 saturated heterocycles. The number of fused-ring (bicyclic) bond motifs is 5. The van der Waals surface area contributed by atoms with E-state index < -0.39 is 0 Å². The van der Waals surface area contributed by atoms with Crippen LogP contribution in [0.1, 0.15) is 78.1 Å². The average Bonchev–Trinajstić information content (AvgIpc) is 3.58. The molecule has 1 fully saturated rings. The highest BCUT2D eigenvalue weighted by molar-refractivity contribution is 6.14. The van der Waals surface area contributed by atoms with Gasteiger partial charge < -0.3 is 24.8 Å². The molecule has 0 saturated carbocycles. The van der Waals surface area contributed by atoms with Crippen LogP contribution in [-0.2, 0) is 16.0 Å². The highest BCUT2D eigenvalue weighted by Crippen LogP contribution is 2.51. The summed E-state index contributed by atoms with van der Waals surface area (Å²) in [6, 6.07) is 13.6. The summed E-state index contributed by atoms with van der Waals surface area (Å²) in [5.41, 5.74) is 7.59. The summed E-state index contributed by atoms with van der Waals surface area (Å²) < 4.78 is 5.63. The number of nitrogens with one attached hydrogen (secondary N) is 2. The maximum atomic E-state index is 14.1. The predicted molar refractivity (Wildman–Crippen MR) is 157 cm³/mol. The van der Waals surface area contributed by atoms with Crippen molar-refractivity contribution in [1.82, 2.24) is 14.9 Å². The van der Waals surface area contributed by atoms with E-state index in [2.05, 4.69) is 64.9 Å². The molecule has 7 rings (SSSR count). The first-order valence-electron chi connectivity index (χ1n) is 14.6. The van der Waals surface area contributed by atoms with Crippen molar-refractivity contribution in [1.29, 1.82) is 0 Å². The summed E-state index contributed by atoms with van der Waals surface area (Å²) in [6.45, 7) is 10.2.